The molecule has 1 aromatic carbocycles. The van der Waals surface area contributed by atoms with Crippen LogP contribution in [0.3, 0.4) is 0 Å². The van der Waals surface area contributed by atoms with Crippen LogP contribution in [0.25, 0.3) is 0 Å². The number of benzene rings is 1. The van der Waals surface area contributed by atoms with E-state index in [1.54, 1.807) is 0 Å². The highest BCUT2D eigenvalue weighted by Crippen LogP contribution is 2.27. The summed E-state index contributed by atoms with van der Waals surface area (Å²) in [5.74, 6) is 0. The Hall–Kier alpha value is -0.470. The highest BCUT2D eigenvalue weighted by molar-refractivity contribution is 8.00. The van der Waals surface area contributed by atoms with E-state index in [1.165, 1.54) is 42.8 Å². The first-order chi connectivity index (χ1) is 7.34. The predicted octanol–water partition coefficient (Wildman–Crippen LogP) is 3.23. The Labute approximate surface area is 96.7 Å². The minimum absolute atomic E-state index is 0.759. The van der Waals surface area contributed by atoms with Gasteiger partial charge in [0.05, 0.1) is 0 Å². The molecule has 0 saturated carbocycles. The molecule has 1 aromatic rings. The van der Waals surface area contributed by atoms with Crippen LogP contribution in [-0.2, 0) is 0 Å². The van der Waals surface area contributed by atoms with Gasteiger partial charge in [-0.05, 0) is 38.4 Å². The Bertz CT molecular complexity index is 286. The maximum absolute atomic E-state index is 3.51. The van der Waals surface area contributed by atoms with Crippen LogP contribution in [-0.4, -0.2) is 18.3 Å². The number of nitrogens with one attached hydrogen (secondary N) is 1. The van der Waals surface area contributed by atoms with Gasteiger partial charge in [0.25, 0.3) is 0 Å². The van der Waals surface area contributed by atoms with Gasteiger partial charge in [-0.1, -0.05) is 24.1 Å². The van der Waals surface area contributed by atoms with Gasteiger partial charge >= 0.3 is 0 Å². The summed E-state index contributed by atoms with van der Waals surface area (Å²) >= 11 is 2.02. The monoisotopic (exact) mass is 221 g/mol. The van der Waals surface area contributed by atoms with Crippen LogP contribution < -0.4 is 5.32 Å². The van der Waals surface area contributed by atoms with Crippen molar-refractivity contribution in [2.24, 2.45) is 0 Å². The molecule has 1 aliphatic rings. The molecular weight excluding hydrogens is 202 g/mol. The van der Waals surface area contributed by atoms with E-state index >= 15 is 0 Å². The molecule has 0 radical (unpaired) electrons. The first-order valence-corrected chi connectivity index (χ1v) is 6.66. The molecule has 1 fully saturated rings. The van der Waals surface area contributed by atoms with Crippen LogP contribution in [0.5, 0.6) is 0 Å². The predicted molar refractivity (Wildman–Crippen MR) is 67.5 cm³/mol. The van der Waals surface area contributed by atoms with Crippen LogP contribution in [0.1, 0.15) is 24.8 Å². The summed E-state index contributed by atoms with van der Waals surface area (Å²) in [5.41, 5.74) is 1.35. The second-order valence-electron chi connectivity index (χ2n) is 4.25. The highest BCUT2D eigenvalue weighted by atomic mass is 32.2. The second-order valence-corrected chi connectivity index (χ2v) is 5.63. The lowest BCUT2D eigenvalue weighted by Crippen LogP contribution is -2.22. The number of hydrogen-bond donors (Lipinski definition) is 1. The molecule has 0 aromatic heterocycles. The summed E-state index contributed by atoms with van der Waals surface area (Å²) in [6.45, 7) is 4.51. The molecule has 0 spiro atoms. The van der Waals surface area contributed by atoms with Crippen molar-refractivity contribution in [3.63, 3.8) is 0 Å². The molecule has 1 heterocycles. The minimum atomic E-state index is 0.759. The maximum Gasteiger partial charge on any atom is 0.0219 e. The van der Waals surface area contributed by atoms with Gasteiger partial charge in [-0.25, -0.2) is 0 Å². The van der Waals surface area contributed by atoms with Crippen LogP contribution >= 0.6 is 11.8 Å². The normalized spacial score (nSPS) is 22.3. The zero-order chi connectivity index (χ0) is 10.5. The van der Waals surface area contributed by atoms with Crippen molar-refractivity contribution in [1.82, 2.24) is 5.32 Å². The maximum atomic E-state index is 3.51. The van der Waals surface area contributed by atoms with E-state index in [-0.39, 0.29) is 0 Å². The fraction of sp³-hybridized carbons (Fsp3) is 0.538. The highest BCUT2D eigenvalue weighted by Gasteiger charge is 2.12. The molecule has 1 unspecified atom stereocenters. The van der Waals surface area contributed by atoms with E-state index < -0.39 is 0 Å². The van der Waals surface area contributed by atoms with E-state index in [0.717, 1.165) is 5.25 Å². The quantitative estimate of drug-likeness (QED) is 0.823. The molecule has 0 bridgehead atoms. The van der Waals surface area contributed by atoms with E-state index in [0.29, 0.717) is 0 Å². The third-order valence-electron chi connectivity index (χ3n) is 2.83. The molecule has 82 valence electrons. The van der Waals surface area contributed by atoms with Gasteiger partial charge in [-0.3, -0.25) is 0 Å². The molecule has 15 heavy (non-hydrogen) atoms. The van der Waals surface area contributed by atoms with Crippen molar-refractivity contribution in [3.8, 4) is 0 Å². The fourth-order valence-electron chi connectivity index (χ4n) is 1.90. The first kappa shape index (κ1) is 11.0. The molecule has 2 rings (SSSR count). The van der Waals surface area contributed by atoms with Gasteiger partial charge in [-0.2, -0.15) is 0 Å². The molecule has 0 aliphatic carbocycles. The topological polar surface area (TPSA) is 12.0 Å². The smallest absolute Gasteiger partial charge is 0.0219 e. The average molecular weight is 221 g/mol. The van der Waals surface area contributed by atoms with E-state index in [9.17, 15) is 0 Å². The third-order valence-corrected chi connectivity index (χ3v) is 4.11. The summed E-state index contributed by atoms with van der Waals surface area (Å²) in [4.78, 5) is 1.41. The van der Waals surface area contributed by atoms with Crippen LogP contribution in [0.2, 0.25) is 0 Å². The van der Waals surface area contributed by atoms with Gasteiger partial charge in [0.15, 0.2) is 0 Å². The standard InChI is InChI=1S/C13H19NS/c1-11-5-7-12(8-6-11)15-13-4-2-3-9-14-10-13/h5-8,13-14H,2-4,9-10H2,1H3. The van der Waals surface area contributed by atoms with Crippen molar-refractivity contribution >= 4 is 11.8 Å². The van der Waals surface area contributed by atoms with Gasteiger partial charge in [-0.15, -0.1) is 11.8 Å². The SMILES string of the molecule is Cc1ccc(SC2CCCCNC2)cc1. The Morgan fingerprint density at radius 2 is 2.00 bits per heavy atom. The summed E-state index contributed by atoms with van der Waals surface area (Å²) in [7, 11) is 0. The lowest BCUT2D eigenvalue weighted by atomic mass is 10.2. The molecule has 1 aliphatic heterocycles. The lowest BCUT2D eigenvalue weighted by Gasteiger charge is -2.13. The van der Waals surface area contributed by atoms with Crippen molar-refractivity contribution in [2.75, 3.05) is 13.1 Å². The zero-order valence-corrected chi connectivity index (χ0v) is 10.1. The molecule has 1 atom stereocenters. The Balaban J connectivity index is 1.92. The molecule has 1 N–H and O–H groups in total. The minimum Gasteiger partial charge on any atom is -0.316 e. The average Bonchev–Trinajstić information content (AvgIpc) is 2.50. The van der Waals surface area contributed by atoms with E-state index in [2.05, 4.69) is 36.5 Å². The lowest BCUT2D eigenvalue weighted by molar-refractivity contribution is 0.706. The Morgan fingerprint density at radius 1 is 1.20 bits per heavy atom. The van der Waals surface area contributed by atoms with Crippen molar-refractivity contribution in [1.29, 1.82) is 0 Å². The Morgan fingerprint density at radius 3 is 2.80 bits per heavy atom. The molecule has 0 amide bonds. The zero-order valence-electron chi connectivity index (χ0n) is 9.33. The van der Waals surface area contributed by atoms with Crippen molar-refractivity contribution in [3.05, 3.63) is 29.8 Å². The molecule has 1 saturated heterocycles. The third kappa shape index (κ3) is 3.54. The molecule has 1 nitrogen and oxygen atoms in total. The van der Waals surface area contributed by atoms with E-state index in [1.807, 2.05) is 11.8 Å². The number of aryl methyl sites for hydroxylation is 1. The number of hydrogen-bond acceptors (Lipinski definition) is 2. The van der Waals surface area contributed by atoms with Crippen LogP contribution in [0, 0.1) is 6.92 Å². The summed E-state index contributed by atoms with van der Waals surface area (Å²) < 4.78 is 0. The number of rotatable bonds is 2. The first-order valence-electron chi connectivity index (χ1n) is 5.78. The van der Waals surface area contributed by atoms with Crippen molar-refractivity contribution < 1.29 is 0 Å². The van der Waals surface area contributed by atoms with Gasteiger partial charge in [0, 0.05) is 16.7 Å². The van der Waals surface area contributed by atoms with Gasteiger partial charge in [0.2, 0.25) is 0 Å². The van der Waals surface area contributed by atoms with Crippen molar-refractivity contribution in [2.45, 2.75) is 36.3 Å². The largest absolute Gasteiger partial charge is 0.316 e. The Kier molecular flexibility index (Phi) is 4.09. The second kappa shape index (κ2) is 5.57. The van der Waals surface area contributed by atoms with E-state index in [4.69, 9.17) is 0 Å². The number of thioether (sulfide) groups is 1. The van der Waals surface area contributed by atoms with Crippen LogP contribution in [0.15, 0.2) is 29.2 Å². The fourth-order valence-corrected chi connectivity index (χ4v) is 3.06. The van der Waals surface area contributed by atoms with Gasteiger partial charge in [0.1, 0.15) is 0 Å². The molecule has 2 heteroatoms. The van der Waals surface area contributed by atoms with Crippen LogP contribution in [0.4, 0.5) is 0 Å². The molecular formula is C13H19NS. The summed E-state index contributed by atoms with van der Waals surface area (Å²) in [5, 5.41) is 4.27. The van der Waals surface area contributed by atoms with Gasteiger partial charge < -0.3 is 5.32 Å². The summed E-state index contributed by atoms with van der Waals surface area (Å²) in [6, 6.07) is 8.88. The summed E-state index contributed by atoms with van der Waals surface area (Å²) in [6.07, 6.45) is 4.06.